The fourth-order valence-electron chi connectivity index (χ4n) is 2.28. The fourth-order valence-corrected chi connectivity index (χ4v) is 2.28. The maximum Gasteiger partial charge on any atom is 0.225 e. The van der Waals surface area contributed by atoms with Crippen molar-refractivity contribution in [3.8, 4) is 0 Å². The Morgan fingerprint density at radius 2 is 1.71 bits per heavy atom. The van der Waals surface area contributed by atoms with Gasteiger partial charge >= 0.3 is 0 Å². The number of benzene rings is 1. The molecule has 0 unspecified atom stereocenters. The standard InChI is InChI=1S/C18H27NO2/c1-6-11-18(4,5)17(21)19-12-14-7-9-15(10-8-14)16(20)13(2)3/h7-10,13H,6,11-12H2,1-5H3,(H,19,21). The first-order chi connectivity index (χ1) is 9.77. The molecule has 1 rings (SSSR count). The number of carbonyl (C=O) groups excluding carboxylic acids is 2. The summed E-state index contributed by atoms with van der Waals surface area (Å²) in [6.45, 7) is 10.3. The van der Waals surface area contributed by atoms with Gasteiger partial charge < -0.3 is 5.32 Å². The zero-order valence-electron chi connectivity index (χ0n) is 13.8. The average Bonchev–Trinajstić information content (AvgIpc) is 2.44. The van der Waals surface area contributed by atoms with Crippen LogP contribution in [0.4, 0.5) is 0 Å². The Labute approximate surface area is 128 Å². The number of Topliss-reactive ketones (excluding diaryl/α,β-unsaturated/α-hetero) is 1. The molecule has 0 bridgehead atoms. The van der Waals surface area contributed by atoms with E-state index in [0.29, 0.717) is 6.54 Å². The molecule has 0 saturated heterocycles. The summed E-state index contributed by atoms with van der Waals surface area (Å²) in [6, 6.07) is 7.48. The lowest BCUT2D eigenvalue weighted by molar-refractivity contribution is -0.129. The highest BCUT2D eigenvalue weighted by Gasteiger charge is 2.25. The first-order valence-electron chi connectivity index (χ1n) is 7.69. The van der Waals surface area contributed by atoms with Gasteiger partial charge in [-0.15, -0.1) is 0 Å². The maximum atomic E-state index is 12.1. The second-order valence-corrected chi connectivity index (χ2v) is 6.53. The van der Waals surface area contributed by atoms with Crippen LogP contribution in [0, 0.1) is 11.3 Å². The minimum absolute atomic E-state index is 0.00500. The van der Waals surface area contributed by atoms with Crippen molar-refractivity contribution in [3.05, 3.63) is 35.4 Å². The predicted octanol–water partition coefficient (Wildman–Crippen LogP) is 3.97. The predicted molar refractivity (Wildman–Crippen MR) is 86.1 cm³/mol. The van der Waals surface area contributed by atoms with Crippen LogP contribution < -0.4 is 5.32 Å². The van der Waals surface area contributed by atoms with Crippen LogP contribution >= 0.6 is 0 Å². The van der Waals surface area contributed by atoms with Crippen LogP contribution in [-0.2, 0) is 11.3 Å². The van der Waals surface area contributed by atoms with E-state index in [-0.39, 0.29) is 23.0 Å². The molecule has 1 amide bonds. The van der Waals surface area contributed by atoms with Crippen molar-refractivity contribution in [3.63, 3.8) is 0 Å². The third-order valence-corrected chi connectivity index (χ3v) is 3.71. The molecule has 3 nitrogen and oxygen atoms in total. The van der Waals surface area contributed by atoms with E-state index in [1.54, 1.807) is 0 Å². The summed E-state index contributed by atoms with van der Waals surface area (Å²) in [5.74, 6) is 0.228. The maximum absolute atomic E-state index is 12.1. The van der Waals surface area contributed by atoms with E-state index < -0.39 is 0 Å². The molecule has 0 aliphatic carbocycles. The highest BCUT2D eigenvalue weighted by atomic mass is 16.2. The lowest BCUT2D eigenvalue weighted by Crippen LogP contribution is -2.36. The van der Waals surface area contributed by atoms with Crippen molar-refractivity contribution >= 4 is 11.7 Å². The Bertz CT molecular complexity index is 486. The molecule has 0 fully saturated rings. The second kappa shape index (κ2) is 7.39. The van der Waals surface area contributed by atoms with Gasteiger partial charge in [-0.2, -0.15) is 0 Å². The van der Waals surface area contributed by atoms with Crippen molar-refractivity contribution in [1.82, 2.24) is 5.32 Å². The summed E-state index contributed by atoms with van der Waals surface area (Å²) < 4.78 is 0. The monoisotopic (exact) mass is 289 g/mol. The van der Waals surface area contributed by atoms with Crippen molar-refractivity contribution in [2.45, 2.75) is 54.0 Å². The van der Waals surface area contributed by atoms with Crippen LogP contribution in [0.25, 0.3) is 0 Å². The van der Waals surface area contributed by atoms with Gasteiger partial charge in [-0.1, -0.05) is 65.3 Å². The Morgan fingerprint density at radius 1 is 1.14 bits per heavy atom. The molecule has 0 aliphatic heterocycles. The molecule has 0 spiro atoms. The third kappa shape index (κ3) is 5.00. The van der Waals surface area contributed by atoms with Gasteiger partial charge in [-0.05, 0) is 12.0 Å². The summed E-state index contributed by atoms with van der Waals surface area (Å²) in [4.78, 5) is 24.0. The lowest BCUT2D eigenvalue weighted by Gasteiger charge is -2.22. The van der Waals surface area contributed by atoms with Crippen molar-refractivity contribution in [1.29, 1.82) is 0 Å². The van der Waals surface area contributed by atoms with E-state index in [2.05, 4.69) is 12.2 Å². The van der Waals surface area contributed by atoms with E-state index in [1.165, 1.54) is 0 Å². The molecule has 0 aromatic heterocycles. The molecule has 1 aromatic carbocycles. The highest BCUT2D eigenvalue weighted by Crippen LogP contribution is 2.22. The molecule has 21 heavy (non-hydrogen) atoms. The molecule has 3 heteroatoms. The van der Waals surface area contributed by atoms with Crippen molar-refractivity contribution in [2.24, 2.45) is 11.3 Å². The van der Waals surface area contributed by atoms with E-state index in [9.17, 15) is 9.59 Å². The van der Waals surface area contributed by atoms with E-state index in [1.807, 2.05) is 52.0 Å². The van der Waals surface area contributed by atoms with Gasteiger partial charge in [-0.3, -0.25) is 9.59 Å². The molecule has 0 atom stereocenters. The molecular formula is C18H27NO2. The van der Waals surface area contributed by atoms with Gasteiger partial charge in [0.1, 0.15) is 0 Å². The zero-order chi connectivity index (χ0) is 16.0. The molecule has 0 saturated carbocycles. The van der Waals surface area contributed by atoms with Crippen LogP contribution in [0.2, 0.25) is 0 Å². The topological polar surface area (TPSA) is 46.2 Å². The first kappa shape index (κ1) is 17.4. The number of hydrogen-bond acceptors (Lipinski definition) is 2. The van der Waals surface area contributed by atoms with Crippen LogP contribution in [0.5, 0.6) is 0 Å². The van der Waals surface area contributed by atoms with Crippen LogP contribution in [0.15, 0.2) is 24.3 Å². The normalized spacial score (nSPS) is 11.5. The van der Waals surface area contributed by atoms with E-state index in [4.69, 9.17) is 0 Å². The molecule has 0 aliphatic rings. The van der Waals surface area contributed by atoms with Gasteiger partial charge in [0.05, 0.1) is 0 Å². The summed E-state index contributed by atoms with van der Waals surface area (Å²) in [5.41, 5.74) is 1.41. The summed E-state index contributed by atoms with van der Waals surface area (Å²) in [5, 5.41) is 2.97. The minimum Gasteiger partial charge on any atom is -0.352 e. The highest BCUT2D eigenvalue weighted by molar-refractivity contribution is 5.97. The minimum atomic E-state index is -0.331. The lowest BCUT2D eigenvalue weighted by atomic mass is 9.87. The number of ketones is 1. The average molecular weight is 289 g/mol. The number of nitrogens with one attached hydrogen (secondary N) is 1. The third-order valence-electron chi connectivity index (χ3n) is 3.71. The van der Waals surface area contributed by atoms with Crippen LogP contribution in [0.3, 0.4) is 0 Å². The Morgan fingerprint density at radius 3 is 2.19 bits per heavy atom. The Kier molecular flexibility index (Phi) is 6.13. The molecule has 1 aromatic rings. The SMILES string of the molecule is CCCC(C)(C)C(=O)NCc1ccc(C(=O)C(C)C)cc1. The van der Waals surface area contributed by atoms with E-state index in [0.717, 1.165) is 24.0 Å². The molecule has 116 valence electrons. The van der Waals surface area contributed by atoms with Crippen LogP contribution in [0.1, 0.15) is 63.4 Å². The Balaban J connectivity index is 2.61. The quantitative estimate of drug-likeness (QED) is 0.772. The smallest absolute Gasteiger partial charge is 0.225 e. The molecule has 0 radical (unpaired) electrons. The first-order valence-corrected chi connectivity index (χ1v) is 7.69. The van der Waals surface area contributed by atoms with Gasteiger partial charge in [0, 0.05) is 23.4 Å². The molecule has 1 N–H and O–H groups in total. The van der Waals surface area contributed by atoms with Crippen molar-refractivity contribution in [2.75, 3.05) is 0 Å². The summed E-state index contributed by atoms with van der Waals surface area (Å²) in [7, 11) is 0. The van der Waals surface area contributed by atoms with Gasteiger partial charge in [0.2, 0.25) is 5.91 Å². The summed E-state index contributed by atoms with van der Waals surface area (Å²) >= 11 is 0. The second-order valence-electron chi connectivity index (χ2n) is 6.53. The zero-order valence-corrected chi connectivity index (χ0v) is 13.8. The van der Waals surface area contributed by atoms with Crippen LogP contribution in [-0.4, -0.2) is 11.7 Å². The van der Waals surface area contributed by atoms with Gasteiger partial charge in [-0.25, -0.2) is 0 Å². The summed E-state index contributed by atoms with van der Waals surface area (Å²) in [6.07, 6.45) is 1.87. The van der Waals surface area contributed by atoms with Gasteiger partial charge in [0.25, 0.3) is 0 Å². The molecular weight excluding hydrogens is 262 g/mol. The number of hydrogen-bond donors (Lipinski definition) is 1. The number of rotatable bonds is 7. The number of amides is 1. The largest absolute Gasteiger partial charge is 0.352 e. The molecule has 0 heterocycles. The van der Waals surface area contributed by atoms with Gasteiger partial charge in [0.15, 0.2) is 5.78 Å². The van der Waals surface area contributed by atoms with E-state index >= 15 is 0 Å². The number of carbonyl (C=O) groups is 2. The van der Waals surface area contributed by atoms with Crippen molar-refractivity contribution < 1.29 is 9.59 Å². The Hall–Kier alpha value is -1.64. The fraction of sp³-hybridized carbons (Fsp3) is 0.556.